The van der Waals surface area contributed by atoms with Crippen LogP contribution in [-0.2, 0) is 6.54 Å². The molecular formula is C23H20FN3O4. The van der Waals surface area contributed by atoms with Crippen molar-refractivity contribution in [2.45, 2.75) is 18.9 Å². The van der Waals surface area contributed by atoms with Crippen molar-refractivity contribution in [2.75, 3.05) is 18.4 Å². The highest BCUT2D eigenvalue weighted by Gasteiger charge is 2.37. The molecule has 3 aromatic rings. The number of aromatic nitrogens is 1. The number of benzene rings is 1. The average Bonchev–Trinajstić information content (AvgIpc) is 3.31. The molecule has 0 spiro atoms. The Kier molecular flexibility index (Phi) is 4.69. The Labute approximate surface area is 177 Å². The first-order valence-corrected chi connectivity index (χ1v) is 10.1. The second-order valence-electron chi connectivity index (χ2n) is 8.03. The molecule has 158 valence electrons. The van der Waals surface area contributed by atoms with Crippen LogP contribution in [0.2, 0.25) is 0 Å². The van der Waals surface area contributed by atoms with Crippen LogP contribution in [0.25, 0.3) is 0 Å². The normalized spacial score (nSPS) is 19.6. The average molecular weight is 421 g/mol. The van der Waals surface area contributed by atoms with E-state index in [0.717, 1.165) is 12.1 Å². The number of fused-ring (bicyclic) bond motifs is 4. The number of carbonyl (C=O) groups excluding carboxylic acids is 2. The summed E-state index contributed by atoms with van der Waals surface area (Å²) in [7, 11) is 0. The number of likely N-dealkylation sites (tertiary alicyclic amines) is 1. The Hall–Kier alpha value is -3.68. The minimum Gasteiger partial charge on any atom is -0.459 e. The number of nitrogens with one attached hydrogen (secondary N) is 1. The van der Waals surface area contributed by atoms with E-state index in [2.05, 4.69) is 5.32 Å². The lowest BCUT2D eigenvalue weighted by Crippen LogP contribution is -2.49. The number of hydrogen-bond donors (Lipinski definition) is 1. The van der Waals surface area contributed by atoms with Gasteiger partial charge < -0.3 is 19.2 Å². The predicted octanol–water partition coefficient (Wildman–Crippen LogP) is 3.09. The molecule has 1 saturated heterocycles. The zero-order chi connectivity index (χ0) is 21.5. The number of pyridine rings is 1. The predicted molar refractivity (Wildman–Crippen MR) is 111 cm³/mol. The minimum atomic E-state index is -0.477. The van der Waals surface area contributed by atoms with Gasteiger partial charge in [0.25, 0.3) is 17.4 Å². The fourth-order valence-electron chi connectivity index (χ4n) is 4.57. The van der Waals surface area contributed by atoms with Gasteiger partial charge in [0, 0.05) is 36.8 Å². The van der Waals surface area contributed by atoms with E-state index in [1.807, 2.05) is 6.07 Å². The summed E-state index contributed by atoms with van der Waals surface area (Å²) in [5.41, 5.74) is 1.25. The van der Waals surface area contributed by atoms with Crippen molar-refractivity contribution in [3.63, 3.8) is 0 Å². The number of amides is 2. The summed E-state index contributed by atoms with van der Waals surface area (Å²) < 4.78 is 20.0. The van der Waals surface area contributed by atoms with Gasteiger partial charge in [0.05, 0.1) is 6.26 Å². The molecule has 2 aliphatic rings. The number of rotatable bonds is 3. The quantitative estimate of drug-likeness (QED) is 0.704. The fraction of sp³-hybridized carbons (Fsp3) is 0.261. The smallest absolute Gasteiger partial charge is 0.291 e. The van der Waals surface area contributed by atoms with Gasteiger partial charge >= 0.3 is 0 Å². The molecule has 5 rings (SSSR count). The molecular weight excluding hydrogens is 401 g/mol. The number of halogens is 1. The number of hydrogen-bond acceptors (Lipinski definition) is 4. The van der Waals surface area contributed by atoms with Gasteiger partial charge in [-0.05, 0) is 60.9 Å². The van der Waals surface area contributed by atoms with Crippen LogP contribution in [0.3, 0.4) is 0 Å². The molecule has 2 atom stereocenters. The van der Waals surface area contributed by atoms with Crippen molar-refractivity contribution < 1.29 is 18.4 Å². The molecule has 8 heteroatoms. The van der Waals surface area contributed by atoms with Gasteiger partial charge in [-0.1, -0.05) is 0 Å². The van der Waals surface area contributed by atoms with Crippen LogP contribution in [-0.4, -0.2) is 34.4 Å². The maximum atomic E-state index is 13.2. The third-order valence-electron chi connectivity index (χ3n) is 5.98. The number of anilines is 1. The van der Waals surface area contributed by atoms with Gasteiger partial charge in [-0.25, -0.2) is 4.39 Å². The molecule has 2 unspecified atom stereocenters. The van der Waals surface area contributed by atoms with Crippen molar-refractivity contribution >= 4 is 17.5 Å². The third-order valence-corrected chi connectivity index (χ3v) is 5.98. The van der Waals surface area contributed by atoms with Gasteiger partial charge in [-0.15, -0.1) is 0 Å². The summed E-state index contributed by atoms with van der Waals surface area (Å²) in [6, 6.07) is 12.1. The summed E-state index contributed by atoms with van der Waals surface area (Å²) in [4.78, 5) is 39.9. The molecule has 2 amide bonds. The molecule has 0 radical (unpaired) electrons. The van der Waals surface area contributed by atoms with Crippen LogP contribution < -0.4 is 10.9 Å². The number of piperidine rings is 1. The molecule has 31 heavy (non-hydrogen) atoms. The topological polar surface area (TPSA) is 84.5 Å². The Balaban J connectivity index is 1.38. The van der Waals surface area contributed by atoms with Gasteiger partial charge in [0.15, 0.2) is 5.76 Å². The fourth-order valence-corrected chi connectivity index (χ4v) is 4.57. The molecule has 7 nitrogen and oxygen atoms in total. The first-order valence-electron chi connectivity index (χ1n) is 10.1. The van der Waals surface area contributed by atoms with Crippen LogP contribution >= 0.6 is 0 Å². The maximum absolute atomic E-state index is 13.2. The molecule has 0 aliphatic carbocycles. The highest BCUT2D eigenvalue weighted by atomic mass is 19.1. The lowest BCUT2D eigenvalue weighted by atomic mass is 9.83. The van der Waals surface area contributed by atoms with Crippen molar-refractivity contribution in [1.82, 2.24) is 9.47 Å². The highest BCUT2D eigenvalue weighted by molar-refractivity contribution is 6.02. The van der Waals surface area contributed by atoms with Gasteiger partial charge in [0.1, 0.15) is 11.5 Å². The van der Waals surface area contributed by atoms with E-state index in [0.29, 0.717) is 25.2 Å². The van der Waals surface area contributed by atoms with E-state index >= 15 is 0 Å². The third kappa shape index (κ3) is 3.54. The van der Waals surface area contributed by atoms with E-state index < -0.39 is 5.91 Å². The Bertz CT molecular complexity index is 1200. The highest BCUT2D eigenvalue weighted by Crippen LogP contribution is 2.36. The summed E-state index contributed by atoms with van der Waals surface area (Å²) in [6.45, 7) is 1.49. The molecule has 1 N–H and O–H groups in total. The van der Waals surface area contributed by atoms with Gasteiger partial charge in [0.2, 0.25) is 0 Å². The largest absolute Gasteiger partial charge is 0.459 e. The van der Waals surface area contributed by atoms with Crippen LogP contribution in [0.15, 0.2) is 64.0 Å². The monoisotopic (exact) mass is 421 g/mol. The lowest BCUT2D eigenvalue weighted by Gasteiger charge is -2.43. The number of furan rings is 1. The molecule has 2 aromatic heterocycles. The van der Waals surface area contributed by atoms with Crippen LogP contribution in [0, 0.1) is 11.7 Å². The van der Waals surface area contributed by atoms with E-state index in [9.17, 15) is 18.8 Å². The second-order valence-corrected chi connectivity index (χ2v) is 8.03. The zero-order valence-electron chi connectivity index (χ0n) is 16.6. The van der Waals surface area contributed by atoms with Crippen molar-refractivity contribution in [3.05, 3.63) is 88.0 Å². The van der Waals surface area contributed by atoms with E-state index in [-0.39, 0.29) is 40.6 Å². The molecule has 2 aliphatic heterocycles. The van der Waals surface area contributed by atoms with Gasteiger partial charge in [-0.2, -0.15) is 0 Å². The SMILES string of the molecule is O=C(Nc1ccc2n(c1=O)CC1CC2CN(C(=O)c2ccc(F)cc2)C1)c1ccco1. The van der Waals surface area contributed by atoms with E-state index in [1.54, 1.807) is 21.6 Å². The summed E-state index contributed by atoms with van der Waals surface area (Å²) in [5, 5.41) is 2.62. The first kappa shape index (κ1) is 19.3. The lowest BCUT2D eigenvalue weighted by molar-refractivity contribution is 0.0594. The Morgan fingerprint density at radius 2 is 1.84 bits per heavy atom. The van der Waals surface area contributed by atoms with E-state index in [1.165, 1.54) is 36.6 Å². The van der Waals surface area contributed by atoms with Crippen LogP contribution in [0.5, 0.6) is 0 Å². The maximum Gasteiger partial charge on any atom is 0.291 e. The molecule has 0 saturated carbocycles. The van der Waals surface area contributed by atoms with E-state index in [4.69, 9.17) is 4.42 Å². The Morgan fingerprint density at radius 1 is 1.03 bits per heavy atom. The summed E-state index contributed by atoms with van der Waals surface area (Å²) in [6.07, 6.45) is 2.29. The molecule has 1 fully saturated rings. The number of carbonyl (C=O) groups is 2. The zero-order valence-corrected chi connectivity index (χ0v) is 16.6. The van der Waals surface area contributed by atoms with Crippen molar-refractivity contribution in [2.24, 2.45) is 5.92 Å². The minimum absolute atomic E-state index is 0.0272. The Morgan fingerprint density at radius 3 is 2.58 bits per heavy atom. The summed E-state index contributed by atoms with van der Waals surface area (Å²) in [5.74, 6) is -0.699. The van der Waals surface area contributed by atoms with Crippen LogP contribution in [0.1, 0.15) is 38.9 Å². The number of nitrogens with zero attached hydrogens (tertiary/aromatic N) is 2. The molecule has 2 bridgehead atoms. The second kappa shape index (κ2) is 7.54. The summed E-state index contributed by atoms with van der Waals surface area (Å²) >= 11 is 0. The van der Waals surface area contributed by atoms with Gasteiger partial charge in [-0.3, -0.25) is 14.4 Å². The molecule has 4 heterocycles. The molecule has 1 aromatic carbocycles. The van der Waals surface area contributed by atoms with Crippen molar-refractivity contribution in [1.29, 1.82) is 0 Å². The van der Waals surface area contributed by atoms with Crippen LogP contribution in [0.4, 0.5) is 10.1 Å². The standard InChI is InChI=1S/C23H20FN3O4/c24-17-5-3-15(4-6-17)22(29)26-11-14-10-16(13-26)19-8-7-18(23(30)27(19)12-14)25-21(28)20-2-1-9-31-20/h1-9,14,16H,10-13H2,(H,25,28). The first-order chi connectivity index (χ1) is 15.0. The van der Waals surface area contributed by atoms with Crippen molar-refractivity contribution in [3.8, 4) is 0 Å².